The highest BCUT2D eigenvalue weighted by Crippen LogP contribution is 2.24. The first-order valence-corrected chi connectivity index (χ1v) is 8.17. The summed E-state index contributed by atoms with van der Waals surface area (Å²) < 4.78 is 5.48. The lowest BCUT2D eigenvalue weighted by atomic mass is 10.2. The smallest absolute Gasteiger partial charge is 0.322 e. The molecule has 6 nitrogen and oxygen atoms in total. The molecule has 3 rings (SSSR count). The van der Waals surface area contributed by atoms with E-state index in [1.165, 1.54) is 25.9 Å². The number of ether oxygens (including phenoxy) is 1. The second-order valence-electron chi connectivity index (χ2n) is 5.67. The highest BCUT2D eigenvalue weighted by atomic mass is 35.5. The minimum Gasteiger partial charge on any atom is -0.463 e. The van der Waals surface area contributed by atoms with Gasteiger partial charge < -0.3 is 9.64 Å². The van der Waals surface area contributed by atoms with E-state index in [0.29, 0.717) is 24.6 Å². The number of nitrogens with zero attached hydrogens (tertiary/aromatic N) is 5. The second-order valence-corrected chi connectivity index (χ2v) is 6.01. The fraction of sp³-hybridized carbons (Fsp3) is 0.786. The maximum Gasteiger partial charge on any atom is 0.322 e. The van der Waals surface area contributed by atoms with Crippen LogP contribution in [0.2, 0.25) is 5.28 Å². The topological polar surface area (TPSA) is 54.4 Å². The van der Waals surface area contributed by atoms with Crippen molar-refractivity contribution in [1.82, 2.24) is 19.9 Å². The van der Waals surface area contributed by atoms with Crippen molar-refractivity contribution in [3.8, 4) is 6.01 Å². The molecule has 2 aliphatic heterocycles. The molecule has 3 heterocycles. The summed E-state index contributed by atoms with van der Waals surface area (Å²) in [5.74, 6) is 0.641. The third-order valence-electron chi connectivity index (χ3n) is 4.11. The van der Waals surface area contributed by atoms with E-state index in [2.05, 4.69) is 24.8 Å². The molecule has 0 bridgehead atoms. The van der Waals surface area contributed by atoms with Crippen LogP contribution in [0.1, 0.15) is 32.6 Å². The number of halogens is 1. The summed E-state index contributed by atoms with van der Waals surface area (Å²) in [5.41, 5.74) is 0. The van der Waals surface area contributed by atoms with Crippen LogP contribution in [0.5, 0.6) is 6.01 Å². The molecule has 7 heteroatoms. The third kappa shape index (κ3) is 3.55. The SMILES string of the molecule is CCCOc1nc(Cl)nc(N2CCC(N3CCCC3)C2)n1. The van der Waals surface area contributed by atoms with Gasteiger partial charge in [0.05, 0.1) is 6.61 Å². The lowest BCUT2D eigenvalue weighted by Crippen LogP contribution is -2.35. The summed E-state index contributed by atoms with van der Waals surface area (Å²) in [6.45, 7) is 7.02. The van der Waals surface area contributed by atoms with Crippen molar-refractivity contribution >= 4 is 17.5 Å². The molecule has 1 atom stereocenters. The molecule has 1 unspecified atom stereocenters. The van der Waals surface area contributed by atoms with Crippen molar-refractivity contribution in [1.29, 1.82) is 0 Å². The zero-order valence-electron chi connectivity index (χ0n) is 12.5. The Morgan fingerprint density at radius 3 is 2.76 bits per heavy atom. The van der Waals surface area contributed by atoms with Crippen LogP contribution in [-0.4, -0.2) is 58.7 Å². The summed E-state index contributed by atoms with van der Waals surface area (Å²) in [6.07, 6.45) is 4.72. The van der Waals surface area contributed by atoms with Crippen molar-refractivity contribution in [2.45, 2.75) is 38.6 Å². The van der Waals surface area contributed by atoms with E-state index in [4.69, 9.17) is 16.3 Å². The highest BCUT2D eigenvalue weighted by molar-refractivity contribution is 6.28. The summed E-state index contributed by atoms with van der Waals surface area (Å²) in [6, 6.07) is 0.944. The quantitative estimate of drug-likeness (QED) is 0.829. The Morgan fingerprint density at radius 1 is 1.19 bits per heavy atom. The normalized spacial score (nSPS) is 23.0. The van der Waals surface area contributed by atoms with Crippen molar-refractivity contribution in [2.75, 3.05) is 37.7 Å². The van der Waals surface area contributed by atoms with E-state index < -0.39 is 0 Å². The van der Waals surface area contributed by atoms with E-state index in [1.54, 1.807) is 0 Å². The minimum absolute atomic E-state index is 0.204. The molecule has 2 fully saturated rings. The Morgan fingerprint density at radius 2 is 2.00 bits per heavy atom. The Kier molecular flexibility index (Phi) is 4.75. The van der Waals surface area contributed by atoms with Crippen molar-refractivity contribution in [3.63, 3.8) is 0 Å². The van der Waals surface area contributed by atoms with Crippen LogP contribution >= 0.6 is 11.6 Å². The van der Waals surface area contributed by atoms with Crippen LogP contribution in [0, 0.1) is 0 Å². The van der Waals surface area contributed by atoms with Gasteiger partial charge in [0, 0.05) is 19.1 Å². The van der Waals surface area contributed by atoms with Gasteiger partial charge in [0.15, 0.2) is 0 Å². The van der Waals surface area contributed by atoms with Crippen LogP contribution in [0.3, 0.4) is 0 Å². The number of rotatable bonds is 5. The Bertz CT molecular complexity index is 480. The van der Waals surface area contributed by atoms with E-state index in [-0.39, 0.29) is 5.28 Å². The van der Waals surface area contributed by atoms with E-state index in [0.717, 1.165) is 25.9 Å². The van der Waals surface area contributed by atoms with E-state index in [1.807, 2.05) is 6.92 Å². The van der Waals surface area contributed by atoms with Gasteiger partial charge in [0.25, 0.3) is 0 Å². The molecule has 1 aromatic heterocycles. The lowest BCUT2D eigenvalue weighted by molar-refractivity contribution is 0.260. The van der Waals surface area contributed by atoms with Crippen LogP contribution < -0.4 is 9.64 Å². The van der Waals surface area contributed by atoms with E-state index >= 15 is 0 Å². The zero-order chi connectivity index (χ0) is 14.7. The van der Waals surface area contributed by atoms with Gasteiger partial charge in [0.2, 0.25) is 11.2 Å². The van der Waals surface area contributed by atoms with Gasteiger partial charge in [-0.2, -0.15) is 15.0 Å². The van der Waals surface area contributed by atoms with Gasteiger partial charge in [-0.3, -0.25) is 4.90 Å². The lowest BCUT2D eigenvalue weighted by Gasteiger charge is -2.23. The van der Waals surface area contributed by atoms with E-state index in [9.17, 15) is 0 Å². The van der Waals surface area contributed by atoms with Crippen LogP contribution in [0.25, 0.3) is 0 Å². The molecule has 0 radical (unpaired) electrons. The average molecular weight is 312 g/mol. The second kappa shape index (κ2) is 6.75. The van der Waals surface area contributed by atoms with Crippen molar-refractivity contribution in [2.24, 2.45) is 0 Å². The third-order valence-corrected chi connectivity index (χ3v) is 4.28. The molecule has 0 saturated carbocycles. The molecule has 21 heavy (non-hydrogen) atoms. The van der Waals surface area contributed by atoms with Gasteiger partial charge in [-0.25, -0.2) is 0 Å². The Hall–Kier alpha value is -1.14. The van der Waals surface area contributed by atoms with Gasteiger partial charge in [-0.1, -0.05) is 6.92 Å². The van der Waals surface area contributed by atoms with Crippen LogP contribution in [0.15, 0.2) is 0 Å². The first-order valence-electron chi connectivity index (χ1n) is 7.79. The predicted octanol–water partition coefficient (Wildman–Crippen LogP) is 1.99. The molecule has 2 aliphatic rings. The molecule has 1 aromatic rings. The fourth-order valence-electron chi connectivity index (χ4n) is 3.05. The average Bonchev–Trinajstić information content (AvgIpc) is 3.14. The predicted molar refractivity (Wildman–Crippen MR) is 82.0 cm³/mol. The van der Waals surface area contributed by atoms with Gasteiger partial charge in [-0.15, -0.1) is 0 Å². The summed E-state index contributed by atoms with van der Waals surface area (Å²) in [4.78, 5) is 17.4. The zero-order valence-corrected chi connectivity index (χ0v) is 13.2. The molecular formula is C14H22ClN5O. The molecule has 0 aliphatic carbocycles. The monoisotopic (exact) mass is 311 g/mol. The Labute approximate surface area is 130 Å². The summed E-state index contributed by atoms with van der Waals surface area (Å²) in [5, 5.41) is 0.204. The maximum atomic E-state index is 5.99. The maximum absolute atomic E-state index is 5.99. The highest BCUT2D eigenvalue weighted by Gasteiger charge is 2.30. The minimum atomic E-state index is 0.204. The summed E-state index contributed by atoms with van der Waals surface area (Å²) in [7, 11) is 0. The summed E-state index contributed by atoms with van der Waals surface area (Å²) >= 11 is 5.99. The number of hydrogen-bond acceptors (Lipinski definition) is 6. The fourth-order valence-corrected chi connectivity index (χ4v) is 3.20. The van der Waals surface area contributed by atoms with Crippen molar-refractivity contribution in [3.05, 3.63) is 5.28 Å². The van der Waals surface area contributed by atoms with Crippen LogP contribution in [-0.2, 0) is 0 Å². The van der Waals surface area contributed by atoms with Gasteiger partial charge >= 0.3 is 6.01 Å². The van der Waals surface area contributed by atoms with Crippen LogP contribution in [0.4, 0.5) is 5.95 Å². The molecule has 0 N–H and O–H groups in total. The van der Waals surface area contributed by atoms with Gasteiger partial charge in [0.1, 0.15) is 0 Å². The number of aromatic nitrogens is 3. The number of anilines is 1. The molecular weight excluding hydrogens is 290 g/mol. The molecule has 0 spiro atoms. The first kappa shape index (κ1) is 14.8. The number of hydrogen-bond donors (Lipinski definition) is 0. The molecule has 116 valence electrons. The molecule has 2 saturated heterocycles. The largest absolute Gasteiger partial charge is 0.463 e. The Balaban J connectivity index is 1.67. The van der Waals surface area contributed by atoms with Gasteiger partial charge in [-0.05, 0) is 50.4 Å². The van der Waals surface area contributed by atoms with Crippen molar-refractivity contribution < 1.29 is 4.74 Å². The standard InChI is InChI=1S/C14H22ClN5O/c1-2-9-21-14-17-12(15)16-13(18-14)20-8-5-11(10-20)19-6-3-4-7-19/h11H,2-10H2,1H3. The number of likely N-dealkylation sites (tertiary alicyclic amines) is 1. The molecule has 0 aromatic carbocycles. The molecule has 0 amide bonds. The first-order chi connectivity index (χ1) is 10.3.